The largest absolute Gasteiger partial charge is 0.335 e. The summed E-state index contributed by atoms with van der Waals surface area (Å²) in [7, 11) is 0. The molecule has 4 aromatic rings. The molecule has 3 heterocycles. The molecule has 3 aliphatic heterocycles. The number of rotatable bonds is 1. The van der Waals surface area contributed by atoms with Gasteiger partial charge < -0.3 is 9.80 Å². The van der Waals surface area contributed by atoms with Gasteiger partial charge in [-0.05, 0) is 94.9 Å². The lowest BCUT2D eigenvalue weighted by Gasteiger charge is -2.57. The van der Waals surface area contributed by atoms with Gasteiger partial charge in [0.2, 0.25) is 0 Å². The number of anilines is 5. The van der Waals surface area contributed by atoms with Gasteiger partial charge in [0.15, 0.2) is 0 Å². The van der Waals surface area contributed by atoms with Gasteiger partial charge in [-0.1, -0.05) is 108 Å². The predicted molar refractivity (Wildman–Crippen MR) is 184 cm³/mol. The van der Waals surface area contributed by atoms with Crippen LogP contribution in [0.3, 0.4) is 0 Å². The number of hydrogen-bond donors (Lipinski definition) is 0. The molecule has 2 fully saturated rings. The fraction of sp³-hybridized carbons (Fsp3) is 0.400. The first-order valence-corrected chi connectivity index (χ1v) is 16.8. The Morgan fingerprint density at radius 3 is 2.16 bits per heavy atom. The molecule has 9 rings (SSSR count). The Balaban J connectivity index is 1.38. The van der Waals surface area contributed by atoms with Crippen molar-refractivity contribution in [3.8, 4) is 0 Å². The molecule has 4 atom stereocenters. The molecule has 0 spiro atoms. The minimum absolute atomic E-state index is 0.0493. The Hall–Kier alpha value is -3.46. The van der Waals surface area contributed by atoms with Crippen LogP contribution in [0.1, 0.15) is 84.3 Å². The van der Waals surface area contributed by atoms with Crippen molar-refractivity contribution in [3.63, 3.8) is 0 Å². The minimum Gasteiger partial charge on any atom is -0.335 e. The van der Waals surface area contributed by atoms with Gasteiger partial charge in [0.1, 0.15) is 0 Å². The summed E-state index contributed by atoms with van der Waals surface area (Å²) in [6, 6.07) is 32.6. The van der Waals surface area contributed by atoms with Crippen LogP contribution in [0.4, 0.5) is 28.4 Å². The summed E-state index contributed by atoms with van der Waals surface area (Å²) in [5, 5.41) is 0. The third kappa shape index (κ3) is 3.27. The maximum atomic E-state index is 2.89. The molecule has 4 unspecified atom stereocenters. The highest BCUT2D eigenvalue weighted by molar-refractivity contribution is 7.00. The first-order valence-electron chi connectivity index (χ1n) is 16.8. The summed E-state index contributed by atoms with van der Waals surface area (Å²) in [6.07, 6.45) is 8.26. The van der Waals surface area contributed by atoms with E-state index in [1.54, 1.807) is 5.56 Å². The van der Waals surface area contributed by atoms with Crippen LogP contribution in [0.15, 0.2) is 84.9 Å². The first kappa shape index (κ1) is 26.0. The topological polar surface area (TPSA) is 6.48 Å². The molecular formula is C40H43BN2. The van der Waals surface area contributed by atoms with E-state index in [0.29, 0.717) is 0 Å². The fourth-order valence-corrected chi connectivity index (χ4v) is 10.3. The molecular weight excluding hydrogens is 519 g/mol. The van der Waals surface area contributed by atoms with Crippen LogP contribution in [0, 0.1) is 11.8 Å². The van der Waals surface area contributed by atoms with Gasteiger partial charge in [0, 0.05) is 33.9 Å². The summed E-state index contributed by atoms with van der Waals surface area (Å²) in [6.45, 7) is 12.7. The second-order valence-corrected chi connectivity index (χ2v) is 15.7. The molecule has 0 amide bonds. The molecule has 5 aliphatic rings. The summed E-state index contributed by atoms with van der Waals surface area (Å²) in [4.78, 5) is 5.42. The van der Waals surface area contributed by atoms with Gasteiger partial charge in [-0.15, -0.1) is 0 Å². The van der Waals surface area contributed by atoms with Gasteiger partial charge in [0.25, 0.3) is 6.71 Å². The van der Waals surface area contributed by atoms with Gasteiger partial charge in [-0.3, -0.25) is 0 Å². The molecule has 0 saturated heterocycles. The van der Waals surface area contributed by atoms with Crippen molar-refractivity contribution in [2.75, 3.05) is 9.80 Å². The number of nitrogens with zero attached hydrogens (tertiary/aromatic N) is 2. The Bertz CT molecular complexity index is 1790. The van der Waals surface area contributed by atoms with E-state index >= 15 is 0 Å². The van der Waals surface area contributed by atoms with E-state index in [0.717, 1.165) is 11.8 Å². The number of hydrogen-bond acceptors (Lipinski definition) is 2. The SMILES string of the molecule is CC(C)(C)c1cc2c3c(c1)C1(C)CC4CCCCC4CC1(C)N3c1cccc3c1B2c1ccccc1N3c1ccccc1. The average Bonchev–Trinajstić information content (AvgIpc) is 3.20. The van der Waals surface area contributed by atoms with Crippen LogP contribution < -0.4 is 26.2 Å². The molecule has 2 nitrogen and oxygen atoms in total. The minimum atomic E-state index is 0.0493. The van der Waals surface area contributed by atoms with Crippen LogP contribution in [0.25, 0.3) is 0 Å². The van der Waals surface area contributed by atoms with Gasteiger partial charge >= 0.3 is 0 Å². The van der Waals surface area contributed by atoms with E-state index in [1.165, 1.54) is 88.9 Å². The fourth-order valence-electron chi connectivity index (χ4n) is 10.3. The van der Waals surface area contributed by atoms with Gasteiger partial charge in [-0.25, -0.2) is 0 Å². The highest BCUT2D eigenvalue weighted by Gasteiger charge is 2.64. The normalized spacial score (nSPS) is 28.1. The summed E-state index contributed by atoms with van der Waals surface area (Å²) in [5.41, 5.74) is 14.7. The summed E-state index contributed by atoms with van der Waals surface area (Å²) >= 11 is 0. The van der Waals surface area contributed by atoms with Crippen LogP contribution >= 0.6 is 0 Å². The highest BCUT2D eigenvalue weighted by atomic mass is 15.3. The maximum Gasteiger partial charge on any atom is 0.252 e. The third-order valence-electron chi connectivity index (χ3n) is 12.5. The molecule has 3 heteroatoms. The molecule has 2 aliphatic carbocycles. The van der Waals surface area contributed by atoms with Crippen LogP contribution in [-0.2, 0) is 10.8 Å². The molecule has 43 heavy (non-hydrogen) atoms. The summed E-state index contributed by atoms with van der Waals surface area (Å²) in [5.74, 6) is 1.69. The zero-order valence-electron chi connectivity index (χ0n) is 26.5. The molecule has 216 valence electrons. The first-order chi connectivity index (χ1) is 20.7. The van der Waals surface area contributed by atoms with E-state index in [4.69, 9.17) is 0 Å². The van der Waals surface area contributed by atoms with E-state index in [9.17, 15) is 0 Å². The molecule has 0 radical (unpaired) electrons. The van der Waals surface area contributed by atoms with Crippen molar-refractivity contribution in [2.45, 2.75) is 89.5 Å². The number of fused-ring (bicyclic) bond motifs is 8. The van der Waals surface area contributed by atoms with Crippen LogP contribution in [0.5, 0.6) is 0 Å². The molecule has 0 bridgehead atoms. The second-order valence-electron chi connectivity index (χ2n) is 15.7. The number of para-hydroxylation sites is 2. The van der Waals surface area contributed by atoms with Crippen molar-refractivity contribution in [2.24, 2.45) is 11.8 Å². The van der Waals surface area contributed by atoms with E-state index in [-0.39, 0.29) is 23.1 Å². The third-order valence-corrected chi connectivity index (χ3v) is 12.5. The van der Waals surface area contributed by atoms with Crippen molar-refractivity contribution in [3.05, 3.63) is 96.1 Å². The van der Waals surface area contributed by atoms with Crippen molar-refractivity contribution in [1.29, 1.82) is 0 Å². The van der Waals surface area contributed by atoms with Gasteiger partial charge in [-0.2, -0.15) is 0 Å². The zero-order valence-corrected chi connectivity index (χ0v) is 26.5. The molecule has 4 aromatic carbocycles. The quantitative estimate of drug-likeness (QED) is 0.190. The monoisotopic (exact) mass is 562 g/mol. The van der Waals surface area contributed by atoms with E-state index in [1.807, 2.05) is 0 Å². The smallest absolute Gasteiger partial charge is 0.252 e. The van der Waals surface area contributed by atoms with Crippen molar-refractivity contribution in [1.82, 2.24) is 0 Å². The Labute approximate surface area is 258 Å². The molecule has 0 N–H and O–H groups in total. The Morgan fingerprint density at radius 2 is 1.40 bits per heavy atom. The van der Waals surface area contributed by atoms with Crippen molar-refractivity contribution >= 4 is 51.5 Å². The van der Waals surface area contributed by atoms with Crippen LogP contribution in [-0.4, -0.2) is 12.3 Å². The van der Waals surface area contributed by atoms with E-state index < -0.39 is 0 Å². The second kappa shape index (κ2) is 8.59. The van der Waals surface area contributed by atoms with Crippen LogP contribution in [0.2, 0.25) is 0 Å². The highest BCUT2D eigenvalue weighted by Crippen LogP contribution is 2.65. The average molecular weight is 563 g/mol. The predicted octanol–water partition coefficient (Wildman–Crippen LogP) is 8.37. The molecule has 2 saturated carbocycles. The van der Waals surface area contributed by atoms with Crippen molar-refractivity contribution < 1.29 is 0 Å². The molecule has 0 aromatic heterocycles. The standard InChI is InChI=1S/C40H43BN2/c1-38(2,3)28-22-30-37-32(23-28)41-31-18-11-12-19-33(31)42(29-16-7-6-8-17-29)34-20-13-21-35(36(34)41)43(37)40(5)25-27-15-10-9-14-26(27)24-39(30,40)4/h6-8,11-13,16-23,26-27H,9-10,14-15,24-25H2,1-5H3. The lowest BCUT2D eigenvalue weighted by atomic mass is 9.33. The summed E-state index contributed by atoms with van der Waals surface area (Å²) < 4.78 is 0. The van der Waals surface area contributed by atoms with E-state index in [2.05, 4.69) is 129 Å². The Morgan fingerprint density at radius 1 is 0.721 bits per heavy atom. The van der Waals surface area contributed by atoms with Gasteiger partial charge in [0.05, 0.1) is 5.54 Å². The zero-order chi connectivity index (χ0) is 29.3. The lowest BCUT2D eigenvalue weighted by molar-refractivity contribution is 0.0581. The maximum absolute atomic E-state index is 2.89. The Kier molecular flexibility index (Phi) is 5.19. The number of benzene rings is 4. The lowest BCUT2D eigenvalue weighted by Crippen LogP contribution is -2.65.